The summed E-state index contributed by atoms with van der Waals surface area (Å²) < 4.78 is 4.69. The number of imidazole rings is 1. The molecule has 0 unspecified atom stereocenters. The summed E-state index contributed by atoms with van der Waals surface area (Å²) in [5, 5.41) is 5.46. The van der Waals surface area contributed by atoms with Crippen molar-refractivity contribution in [1.82, 2.24) is 28.9 Å². The van der Waals surface area contributed by atoms with Gasteiger partial charge in [-0.25, -0.2) is 9.78 Å². The number of hydrogen-bond acceptors (Lipinski definition) is 5. The average Bonchev–Trinajstić information content (AvgIpc) is 3.22. The van der Waals surface area contributed by atoms with E-state index in [-0.39, 0.29) is 17.8 Å². The van der Waals surface area contributed by atoms with Crippen molar-refractivity contribution in [1.29, 1.82) is 0 Å². The summed E-state index contributed by atoms with van der Waals surface area (Å²) in [5.41, 5.74) is 1.06. The fourth-order valence-electron chi connectivity index (χ4n) is 4.68. The van der Waals surface area contributed by atoms with Crippen LogP contribution in [0.3, 0.4) is 0 Å². The van der Waals surface area contributed by atoms with Crippen molar-refractivity contribution < 1.29 is 0 Å². The van der Waals surface area contributed by atoms with Crippen LogP contribution in [0.1, 0.15) is 18.3 Å². The zero-order chi connectivity index (χ0) is 23.7. The number of rotatable bonds is 5. The highest BCUT2D eigenvalue weighted by atomic mass is 16.2. The van der Waals surface area contributed by atoms with Gasteiger partial charge in [0.2, 0.25) is 0 Å². The summed E-state index contributed by atoms with van der Waals surface area (Å²) in [4.78, 5) is 34.1. The maximum Gasteiger partial charge on any atom is 0.332 e. The number of hydrogen-bond donors (Lipinski definition) is 1. The van der Waals surface area contributed by atoms with Gasteiger partial charge in [-0.2, -0.15) is 0 Å². The maximum absolute atomic E-state index is 13.7. The zero-order valence-corrected chi connectivity index (χ0v) is 19.5. The first kappa shape index (κ1) is 22.1. The highest BCUT2D eigenvalue weighted by molar-refractivity contribution is 5.85. The van der Waals surface area contributed by atoms with Gasteiger partial charge in [-0.15, -0.1) is 5.92 Å². The molecule has 1 aliphatic heterocycles. The molecule has 34 heavy (non-hydrogen) atoms. The lowest BCUT2D eigenvalue weighted by molar-refractivity contribution is 0.226. The molecule has 4 aromatic rings. The molecule has 1 aliphatic rings. The fourth-order valence-corrected chi connectivity index (χ4v) is 4.68. The molecular formula is C26H28N6O2. The SMILES string of the molecule is CC#CCn1c(CN2CCNCC2)nc2c1c(=O)n(Cc1cccc3ccccc13)c(=O)n2C. The van der Waals surface area contributed by atoms with Gasteiger partial charge >= 0.3 is 5.69 Å². The number of nitrogens with zero attached hydrogens (tertiary/aromatic N) is 5. The Morgan fingerprint density at radius 1 is 1.00 bits per heavy atom. The molecule has 0 atom stereocenters. The van der Waals surface area contributed by atoms with Crippen LogP contribution < -0.4 is 16.6 Å². The van der Waals surface area contributed by atoms with Crippen LogP contribution in [0.15, 0.2) is 52.1 Å². The predicted molar refractivity (Wildman–Crippen MR) is 134 cm³/mol. The number of aryl methyl sites for hydroxylation is 1. The Morgan fingerprint density at radius 3 is 2.56 bits per heavy atom. The zero-order valence-electron chi connectivity index (χ0n) is 19.5. The molecule has 0 amide bonds. The summed E-state index contributed by atoms with van der Waals surface area (Å²) in [6.07, 6.45) is 0. The van der Waals surface area contributed by atoms with Crippen molar-refractivity contribution in [2.24, 2.45) is 7.05 Å². The first-order chi connectivity index (χ1) is 16.6. The van der Waals surface area contributed by atoms with Gasteiger partial charge in [-0.3, -0.25) is 18.8 Å². The minimum atomic E-state index is -0.370. The summed E-state index contributed by atoms with van der Waals surface area (Å²) >= 11 is 0. The van der Waals surface area contributed by atoms with Crippen LogP contribution in [0.4, 0.5) is 0 Å². The van der Waals surface area contributed by atoms with Gasteiger partial charge in [0.25, 0.3) is 5.56 Å². The Hall–Kier alpha value is -3.67. The molecule has 5 rings (SSSR count). The number of piperazine rings is 1. The highest BCUT2D eigenvalue weighted by Gasteiger charge is 2.22. The lowest BCUT2D eigenvalue weighted by atomic mass is 10.0. The van der Waals surface area contributed by atoms with Crippen LogP contribution in [0.25, 0.3) is 21.9 Å². The maximum atomic E-state index is 13.7. The molecule has 0 spiro atoms. The largest absolute Gasteiger partial charge is 0.332 e. The Balaban J connectivity index is 1.67. The van der Waals surface area contributed by atoms with E-state index in [2.05, 4.69) is 22.1 Å². The van der Waals surface area contributed by atoms with Gasteiger partial charge in [0.1, 0.15) is 5.82 Å². The van der Waals surface area contributed by atoms with Gasteiger partial charge in [0, 0.05) is 33.2 Å². The van der Waals surface area contributed by atoms with E-state index < -0.39 is 0 Å². The molecule has 8 heteroatoms. The molecule has 1 fully saturated rings. The van der Waals surface area contributed by atoms with Crippen molar-refractivity contribution in [3.63, 3.8) is 0 Å². The van der Waals surface area contributed by atoms with Crippen LogP contribution in [0.5, 0.6) is 0 Å². The molecule has 1 saturated heterocycles. The first-order valence-corrected chi connectivity index (χ1v) is 11.6. The van der Waals surface area contributed by atoms with E-state index in [1.165, 1.54) is 9.13 Å². The molecule has 0 saturated carbocycles. The molecule has 1 N–H and O–H groups in total. The van der Waals surface area contributed by atoms with Gasteiger partial charge in [-0.05, 0) is 23.3 Å². The minimum absolute atomic E-state index is 0.195. The van der Waals surface area contributed by atoms with Gasteiger partial charge in [-0.1, -0.05) is 48.4 Å². The van der Waals surface area contributed by atoms with Crippen molar-refractivity contribution in [3.8, 4) is 11.8 Å². The summed E-state index contributed by atoms with van der Waals surface area (Å²) in [7, 11) is 1.68. The lowest BCUT2D eigenvalue weighted by Gasteiger charge is -2.26. The van der Waals surface area contributed by atoms with E-state index in [0.29, 0.717) is 24.3 Å². The van der Waals surface area contributed by atoms with E-state index in [9.17, 15) is 9.59 Å². The van der Waals surface area contributed by atoms with Crippen LogP contribution in [-0.4, -0.2) is 49.8 Å². The summed E-state index contributed by atoms with van der Waals surface area (Å²) in [6.45, 7) is 6.61. The number of nitrogens with one attached hydrogen (secondary N) is 1. The molecule has 0 bridgehead atoms. The van der Waals surface area contributed by atoms with Crippen LogP contribution in [0, 0.1) is 11.8 Å². The van der Waals surface area contributed by atoms with Gasteiger partial charge in [0.15, 0.2) is 11.2 Å². The number of benzene rings is 2. The number of aromatic nitrogens is 4. The molecule has 8 nitrogen and oxygen atoms in total. The monoisotopic (exact) mass is 456 g/mol. The van der Waals surface area contributed by atoms with Crippen LogP contribution in [0.2, 0.25) is 0 Å². The van der Waals surface area contributed by atoms with Gasteiger partial charge in [0.05, 0.1) is 19.6 Å². The molecule has 0 radical (unpaired) electrons. The Morgan fingerprint density at radius 2 is 1.76 bits per heavy atom. The van der Waals surface area contributed by atoms with Crippen LogP contribution >= 0.6 is 0 Å². The van der Waals surface area contributed by atoms with Crippen molar-refractivity contribution in [2.45, 2.75) is 26.6 Å². The second-order valence-electron chi connectivity index (χ2n) is 8.61. The standard InChI is InChI=1S/C26H28N6O2/c1-3-4-14-31-22(18-30-15-12-27-13-16-30)28-24-23(31)25(33)32(26(34)29(24)2)17-20-10-7-9-19-8-5-6-11-21(19)20/h5-11,27H,12-18H2,1-2H3. The fraction of sp³-hybridized carbons (Fsp3) is 0.346. The van der Waals surface area contributed by atoms with Crippen LogP contribution in [-0.2, 0) is 26.7 Å². The molecule has 3 heterocycles. The van der Waals surface area contributed by atoms with E-state index >= 15 is 0 Å². The Bertz CT molecular complexity index is 1540. The topological polar surface area (TPSA) is 77.1 Å². The summed E-state index contributed by atoms with van der Waals surface area (Å²) in [5.74, 6) is 6.76. The normalized spacial score (nSPS) is 14.4. The number of fused-ring (bicyclic) bond motifs is 2. The molecular weight excluding hydrogens is 428 g/mol. The second-order valence-corrected chi connectivity index (χ2v) is 8.61. The Kier molecular flexibility index (Phi) is 6.05. The third-order valence-electron chi connectivity index (χ3n) is 6.51. The minimum Gasteiger partial charge on any atom is -0.314 e. The lowest BCUT2D eigenvalue weighted by Crippen LogP contribution is -2.43. The van der Waals surface area contributed by atoms with E-state index in [1.54, 1.807) is 14.0 Å². The van der Waals surface area contributed by atoms with Crippen molar-refractivity contribution in [2.75, 3.05) is 26.2 Å². The predicted octanol–water partition coefficient (Wildman–Crippen LogP) is 1.53. The van der Waals surface area contributed by atoms with Crippen molar-refractivity contribution in [3.05, 3.63) is 74.7 Å². The van der Waals surface area contributed by atoms with Crippen molar-refractivity contribution >= 4 is 21.9 Å². The highest BCUT2D eigenvalue weighted by Crippen LogP contribution is 2.19. The van der Waals surface area contributed by atoms with E-state index in [0.717, 1.165) is 48.3 Å². The third kappa shape index (κ3) is 3.94. The first-order valence-electron chi connectivity index (χ1n) is 11.6. The third-order valence-corrected chi connectivity index (χ3v) is 6.51. The second kappa shape index (κ2) is 9.29. The Labute approximate surface area is 197 Å². The molecule has 2 aromatic heterocycles. The molecule has 0 aliphatic carbocycles. The molecule has 2 aromatic carbocycles. The quantitative estimate of drug-likeness (QED) is 0.461. The summed E-state index contributed by atoms with van der Waals surface area (Å²) in [6, 6.07) is 14.0. The van der Waals surface area contributed by atoms with E-state index in [4.69, 9.17) is 4.98 Å². The molecule has 174 valence electrons. The van der Waals surface area contributed by atoms with Gasteiger partial charge < -0.3 is 9.88 Å². The average molecular weight is 457 g/mol. The smallest absolute Gasteiger partial charge is 0.314 e. The van der Waals surface area contributed by atoms with E-state index in [1.807, 2.05) is 47.0 Å².